The fourth-order valence-electron chi connectivity index (χ4n) is 0. The summed E-state index contributed by atoms with van der Waals surface area (Å²) in [4.78, 5) is 1.00. The van der Waals surface area contributed by atoms with E-state index in [9.17, 15) is 0 Å². The Labute approximate surface area is 140 Å². The van der Waals surface area contributed by atoms with Crippen LogP contribution in [0.15, 0.2) is 0 Å². The van der Waals surface area contributed by atoms with Gasteiger partial charge in [0.05, 0.1) is 0 Å². The third-order valence-corrected chi connectivity index (χ3v) is 0. The Kier molecular flexibility index (Phi) is 424. The topological polar surface area (TPSA) is 0 Å². The van der Waals surface area contributed by atoms with Crippen molar-refractivity contribution >= 4 is 62.1 Å². The number of thiol groups is 1. The van der Waals surface area contributed by atoms with E-state index in [0.29, 0.717) is 4.20 Å². The molecule has 0 aromatic carbocycles. The van der Waals surface area contributed by atoms with Crippen LogP contribution in [-0.4, -0.2) is 14.9 Å². The molecule has 0 heterocycles. The molecule has 0 aromatic heterocycles. The van der Waals surface area contributed by atoms with Gasteiger partial charge in [-0.05, 0) is 31.5 Å². The molecule has 0 amide bonds. The van der Waals surface area contributed by atoms with Gasteiger partial charge in [0.25, 0.3) is 0 Å². The van der Waals surface area contributed by atoms with Gasteiger partial charge in [-0.25, -0.2) is 0 Å². The van der Waals surface area contributed by atoms with Crippen molar-refractivity contribution in [3.8, 4) is 0 Å². The Bertz CT molecular complexity index is 74.7. The summed E-state index contributed by atoms with van der Waals surface area (Å²) >= 11 is 15.6. The lowest BCUT2D eigenvalue weighted by molar-refractivity contribution is 1.85. The Morgan fingerprint density at radius 3 is 0.706 bits per heavy atom. The van der Waals surface area contributed by atoms with Gasteiger partial charge in [0.15, 0.2) is 0 Å². The predicted molar refractivity (Wildman–Crippen MR) is 113 cm³/mol. The number of halogens is 1. The Balaban J connectivity index is -0.00000000462. The van der Waals surface area contributed by atoms with Gasteiger partial charge >= 0.3 is 0 Å². The largest absolute Gasteiger partial charge is 0.137 e. The molecule has 0 atom stereocenters. The summed E-state index contributed by atoms with van der Waals surface area (Å²) in [6.45, 7) is 5.56. The average molecular weight is 374 g/mol. The lowest BCUT2D eigenvalue weighted by Gasteiger charge is -1.61. The third-order valence-electron chi connectivity index (χ3n) is 0. The summed E-state index contributed by atoms with van der Waals surface area (Å²) in [5, 5.41) is 0. The quantitative estimate of drug-likeness (QED) is 0.258. The van der Waals surface area contributed by atoms with Gasteiger partial charge in [0.2, 0.25) is 0 Å². The molecular weight excluding hydrogens is 332 g/mol. The van der Waals surface area contributed by atoms with Crippen LogP contribution >= 0.6 is 53.0 Å². The maximum Gasteiger partial charge on any atom is 0.0416 e. The fourth-order valence-corrected chi connectivity index (χ4v) is 0. The van der Waals surface area contributed by atoms with Crippen LogP contribution in [0.2, 0.25) is 0 Å². The average Bonchev–Trinajstić information content (AvgIpc) is 1.66. The molecular formula is C13H41BrS3. The number of hydrogen-bond acceptors (Lipinski definition) is 2. The summed E-state index contributed by atoms with van der Waals surface area (Å²) in [7, 11) is 0. The molecule has 0 saturated carbocycles. The van der Waals surface area contributed by atoms with E-state index in [1.165, 1.54) is 0 Å². The molecule has 0 bridgehead atoms. The summed E-state index contributed by atoms with van der Waals surface area (Å²) in [6, 6.07) is 0. The van der Waals surface area contributed by atoms with Crippen LogP contribution in [0.3, 0.4) is 0 Å². The van der Waals surface area contributed by atoms with E-state index in [1.54, 1.807) is 6.92 Å². The first-order valence-electron chi connectivity index (χ1n) is 2.51. The molecule has 4 heteroatoms. The van der Waals surface area contributed by atoms with Crippen molar-refractivity contribution in [2.24, 2.45) is 0 Å². The van der Waals surface area contributed by atoms with E-state index < -0.39 is 0 Å². The first-order valence-corrected chi connectivity index (χ1v) is 5.36. The van der Waals surface area contributed by atoms with E-state index >= 15 is 0 Å². The van der Waals surface area contributed by atoms with E-state index in [2.05, 4.69) is 53.0 Å². The van der Waals surface area contributed by atoms with Gasteiger partial charge in [-0.1, -0.05) is 92.4 Å². The third kappa shape index (κ3) is 3760. The lowest BCUT2D eigenvalue weighted by Crippen LogP contribution is -1.63. The molecule has 0 saturated heterocycles. The molecule has 0 unspecified atom stereocenters. The fraction of sp³-hybridized carbons (Fsp3) is 0.846. The molecule has 0 radical (unpaired) electrons. The van der Waals surface area contributed by atoms with E-state index in [-0.39, 0.29) is 52.0 Å². The standard InChI is InChI=1S/C3H6S.C2H4S2.CH3Br.7CH4/c1-3(2)4;1-2(3)4;1-2;;;;;;;/h1-2H3;1H3,(H,3,4);1H3;7*1H4. The first-order chi connectivity index (χ1) is 4.46. The van der Waals surface area contributed by atoms with E-state index in [0.717, 1.165) is 4.86 Å². The SMILES string of the molecule is C.C.C.C.C.C.C.CBr.CC(=S)S.CC(C)=S. The van der Waals surface area contributed by atoms with Gasteiger partial charge in [0, 0.05) is 4.20 Å². The molecule has 0 aromatic rings. The monoisotopic (exact) mass is 372 g/mol. The smallest absolute Gasteiger partial charge is 0.0416 e. The molecule has 0 nitrogen and oxygen atoms in total. The van der Waals surface area contributed by atoms with Crippen LogP contribution < -0.4 is 0 Å². The second-order valence-electron chi connectivity index (χ2n) is 1.43. The van der Waals surface area contributed by atoms with Gasteiger partial charge in [-0.15, -0.1) is 12.6 Å². The molecule has 0 rings (SSSR count). The molecule has 0 aliphatic heterocycles. The molecule has 17 heavy (non-hydrogen) atoms. The summed E-state index contributed by atoms with van der Waals surface area (Å²) in [5.41, 5.74) is 0. The summed E-state index contributed by atoms with van der Waals surface area (Å²) < 4.78 is 0.694. The van der Waals surface area contributed by atoms with Crippen LogP contribution in [-0.2, 0) is 0 Å². The Morgan fingerprint density at radius 2 is 0.706 bits per heavy atom. The first kappa shape index (κ1) is 81.2. The second-order valence-corrected chi connectivity index (χ2v) is 3.83. The predicted octanol–water partition coefficient (Wildman–Crippen LogP) is 8.12. The van der Waals surface area contributed by atoms with Crippen LogP contribution in [0.4, 0.5) is 0 Å². The minimum atomic E-state index is 0. The van der Waals surface area contributed by atoms with Crippen LogP contribution in [0, 0.1) is 0 Å². The minimum absolute atomic E-state index is 0. The second kappa shape index (κ2) is 88.7. The van der Waals surface area contributed by atoms with Crippen LogP contribution in [0.5, 0.6) is 0 Å². The number of thiocarbonyl (C=S) groups is 2. The van der Waals surface area contributed by atoms with Crippen molar-refractivity contribution in [1.29, 1.82) is 0 Å². The maximum absolute atomic E-state index is 4.54. The van der Waals surface area contributed by atoms with Crippen LogP contribution in [0.25, 0.3) is 0 Å². The normalized spacial score (nSPS) is 3.41. The molecule has 0 aliphatic rings. The van der Waals surface area contributed by atoms with Crippen LogP contribution in [0.1, 0.15) is 72.8 Å². The highest BCUT2D eigenvalue weighted by Gasteiger charge is 1.57. The number of rotatable bonds is 0. The highest BCUT2D eigenvalue weighted by molar-refractivity contribution is 9.08. The van der Waals surface area contributed by atoms with Crippen molar-refractivity contribution in [3.05, 3.63) is 0 Å². The van der Waals surface area contributed by atoms with Crippen molar-refractivity contribution in [2.75, 3.05) is 5.83 Å². The van der Waals surface area contributed by atoms with Gasteiger partial charge in [-0.3, -0.25) is 0 Å². The molecule has 0 spiro atoms. The van der Waals surface area contributed by atoms with E-state index in [4.69, 9.17) is 0 Å². The Morgan fingerprint density at radius 1 is 0.706 bits per heavy atom. The van der Waals surface area contributed by atoms with Crippen molar-refractivity contribution in [2.45, 2.75) is 72.8 Å². The van der Waals surface area contributed by atoms with Gasteiger partial charge in [-0.2, -0.15) is 0 Å². The number of alkyl halides is 1. The highest BCUT2D eigenvalue weighted by atomic mass is 79.9. The lowest BCUT2D eigenvalue weighted by atomic mass is 10.6. The highest BCUT2D eigenvalue weighted by Crippen LogP contribution is 1.73. The molecule has 0 N–H and O–H groups in total. The zero-order valence-corrected chi connectivity index (χ0v) is 10.8. The summed E-state index contributed by atoms with van der Waals surface area (Å²) in [6.07, 6.45) is 0. The summed E-state index contributed by atoms with van der Waals surface area (Å²) in [5.74, 6) is 1.81. The van der Waals surface area contributed by atoms with Gasteiger partial charge < -0.3 is 0 Å². The van der Waals surface area contributed by atoms with E-state index in [1.807, 2.05) is 19.7 Å². The Hall–Kier alpha value is 1.01. The molecule has 0 fully saturated rings. The molecule has 118 valence electrons. The number of hydrogen-bond donors (Lipinski definition) is 1. The van der Waals surface area contributed by atoms with Crippen molar-refractivity contribution < 1.29 is 0 Å². The van der Waals surface area contributed by atoms with Gasteiger partial charge in [0.1, 0.15) is 0 Å². The maximum atomic E-state index is 4.54. The zero-order valence-electron chi connectivity index (χ0n) is 6.64. The molecule has 0 aliphatic carbocycles. The minimum Gasteiger partial charge on any atom is -0.137 e. The zero-order chi connectivity index (χ0) is 9.15. The van der Waals surface area contributed by atoms with Crippen molar-refractivity contribution in [1.82, 2.24) is 0 Å². The van der Waals surface area contributed by atoms with Crippen molar-refractivity contribution in [3.63, 3.8) is 0 Å².